The van der Waals surface area contributed by atoms with Crippen molar-refractivity contribution in [2.45, 2.75) is 6.42 Å². The standard InChI is InChI=1S/C11H10O3/c1-14-10-7-3-2-5-9(10)6-4-8-11(12)13/h2-3,5,7H,8H2,1H3,(H,12,13). The molecule has 0 spiro atoms. The minimum absolute atomic E-state index is 0.155. The minimum Gasteiger partial charge on any atom is -0.495 e. The van der Waals surface area contributed by atoms with Gasteiger partial charge in [0.05, 0.1) is 12.7 Å². The summed E-state index contributed by atoms with van der Waals surface area (Å²) < 4.78 is 5.05. The van der Waals surface area contributed by atoms with E-state index in [1.807, 2.05) is 12.1 Å². The summed E-state index contributed by atoms with van der Waals surface area (Å²) in [6, 6.07) is 7.23. The Morgan fingerprint density at radius 3 is 2.86 bits per heavy atom. The van der Waals surface area contributed by atoms with Crippen LogP contribution in [0, 0.1) is 11.8 Å². The number of rotatable bonds is 2. The summed E-state index contributed by atoms with van der Waals surface area (Å²) in [5.74, 6) is 5.02. The quantitative estimate of drug-likeness (QED) is 0.719. The summed E-state index contributed by atoms with van der Waals surface area (Å²) in [7, 11) is 1.55. The summed E-state index contributed by atoms with van der Waals surface area (Å²) in [6.45, 7) is 0. The van der Waals surface area contributed by atoms with Gasteiger partial charge < -0.3 is 9.84 Å². The van der Waals surface area contributed by atoms with E-state index in [4.69, 9.17) is 9.84 Å². The van der Waals surface area contributed by atoms with Crippen molar-refractivity contribution >= 4 is 5.97 Å². The highest BCUT2D eigenvalue weighted by Crippen LogP contribution is 2.15. The van der Waals surface area contributed by atoms with Gasteiger partial charge in [-0.2, -0.15) is 0 Å². The summed E-state index contributed by atoms with van der Waals surface area (Å²) in [5.41, 5.74) is 0.705. The minimum atomic E-state index is -0.924. The van der Waals surface area contributed by atoms with Gasteiger partial charge in [0.2, 0.25) is 0 Å². The van der Waals surface area contributed by atoms with E-state index in [0.717, 1.165) is 0 Å². The molecule has 0 unspecified atom stereocenters. The largest absolute Gasteiger partial charge is 0.495 e. The maximum absolute atomic E-state index is 10.2. The molecule has 14 heavy (non-hydrogen) atoms. The first-order valence-corrected chi connectivity index (χ1v) is 4.07. The molecule has 1 aromatic rings. The lowest BCUT2D eigenvalue weighted by Gasteiger charge is -2.00. The van der Waals surface area contributed by atoms with Crippen LogP contribution in [0.1, 0.15) is 12.0 Å². The SMILES string of the molecule is COc1ccccc1C#CCC(=O)O. The van der Waals surface area contributed by atoms with E-state index in [-0.39, 0.29) is 6.42 Å². The molecular weight excluding hydrogens is 180 g/mol. The molecule has 0 aliphatic heterocycles. The van der Waals surface area contributed by atoms with Crippen LogP contribution in [0.2, 0.25) is 0 Å². The molecule has 1 N–H and O–H groups in total. The molecule has 0 amide bonds. The number of hydrogen-bond acceptors (Lipinski definition) is 2. The zero-order valence-corrected chi connectivity index (χ0v) is 7.78. The van der Waals surface area contributed by atoms with Gasteiger partial charge in [-0.3, -0.25) is 4.79 Å². The molecule has 0 aliphatic rings. The molecule has 0 bridgehead atoms. The van der Waals surface area contributed by atoms with E-state index in [0.29, 0.717) is 11.3 Å². The fourth-order valence-electron chi connectivity index (χ4n) is 0.963. The molecule has 3 heteroatoms. The molecular formula is C11H10O3. The monoisotopic (exact) mass is 190 g/mol. The Morgan fingerprint density at radius 2 is 2.21 bits per heavy atom. The van der Waals surface area contributed by atoms with Crippen molar-refractivity contribution in [1.82, 2.24) is 0 Å². The number of para-hydroxylation sites is 1. The summed E-state index contributed by atoms with van der Waals surface area (Å²) in [4.78, 5) is 10.2. The van der Waals surface area contributed by atoms with E-state index in [2.05, 4.69) is 11.8 Å². The lowest BCUT2D eigenvalue weighted by Crippen LogP contribution is -1.91. The Balaban J connectivity index is 2.83. The van der Waals surface area contributed by atoms with E-state index >= 15 is 0 Å². The zero-order chi connectivity index (χ0) is 10.4. The Hall–Kier alpha value is -1.95. The number of carboxylic acids is 1. The van der Waals surface area contributed by atoms with E-state index < -0.39 is 5.97 Å². The Morgan fingerprint density at radius 1 is 1.50 bits per heavy atom. The van der Waals surface area contributed by atoms with Crippen LogP contribution in [-0.2, 0) is 4.79 Å². The molecule has 3 nitrogen and oxygen atoms in total. The molecule has 0 saturated carbocycles. The zero-order valence-electron chi connectivity index (χ0n) is 7.78. The van der Waals surface area contributed by atoms with Gasteiger partial charge in [0.1, 0.15) is 12.2 Å². The van der Waals surface area contributed by atoms with E-state index in [1.54, 1.807) is 19.2 Å². The van der Waals surface area contributed by atoms with Crippen molar-refractivity contribution in [3.63, 3.8) is 0 Å². The number of carbonyl (C=O) groups is 1. The lowest BCUT2D eigenvalue weighted by molar-refractivity contribution is -0.135. The summed E-state index contributed by atoms with van der Waals surface area (Å²) in [5, 5.41) is 8.38. The van der Waals surface area contributed by atoms with Gasteiger partial charge in [-0.15, -0.1) is 0 Å². The fourth-order valence-corrected chi connectivity index (χ4v) is 0.963. The van der Waals surface area contributed by atoms with Crippen molar-refractivity contribution in [2.24, 2.45) is 0 Å². The van der Waals surface area contributed by atoms with Gasteiger partial charge in [0, 0.05) is 0 Å². The van der Waals surface area contributed by atoms with Crippen molar-refractivity contribution in [1.29, 1.82) is 0 Å². The lowest BCUT2D eigenvalue weighted by atomic mass is 10.2. The van der Waals surface area contributed by atoms with Crippen LogP contribution in [0.25, 0.3) is 0 Å². The van der Waals surface area contributed by atoms with Crippen LogP contribution >= 0.6 is 0 Å². The van der Waals surface area contributed by atoms with E-state index in [1.165, 1.54) is 0 Å². The maximum Gasteiger partial charge on any atom is 0.315 e. The molecule has 1 rings (SSSR count). The van der Waals surface area contributed by atoms with Gasteiger partial charge in [-0.1, -0.05) is 24.0 Å². The Bertz CT molecular complexity index is 385. The highest BCUT2D eigenvalue weighted by Gasteiger charge is 1.96. The van der Waals surface area contributed by atoms with Crippen molar-refractivity contribution in [2.75, 3.05) is 7.11 Å². The first-order valence-electron chi connectivity index (χ1n) is 4.07. The molecule has 1 aromatic carbocycles. The predicted molar refractivity (Wildman–Crippen MR) is 52.1 cm³/mol. The first-order chi connectivity index (χ1) is 6.74. The summed E-state index contributed by atoms with van der Waals surface area (Å²) >= 11 is 0. The van der Waals surface area contributed by atoms with Gasteiger partial charge in [-0.05, 0) is 12.1 Å². The van der Waals surface area contributed by atoms with Crippen LogP contribution < -0.4 is 4.74 Å². The third kappa shape index (κ3) is 2.83. The van der Waals surface area contributed by atoms with Crippen LogP contribution in [-0.4, -0.2) is 18.2 Å². The second kappa shape index (κ2) is 4.93. The second-order valence-electron chi connectivity index (χ2n) is 2.57. The second-order valence-corrected chi connectivity index (χ2v) is 2.57. The predicted octanol–water partition coefficient (Wildman–Crippen LogP) is 1.52. The van der Waals surface area contributed by atoms with E-state index in [9.17, 15) is 4.79 Å². The third-order valence-electron chi connectivity index (χ3n) is 1.57. The molecule has 0 aliphatic carbocycles. The van der Waals surface area contributed by atoms with Crippen LogP contribution in [0.3, 0.4) is 0 Å². The molecule has 0 fully saturated rings. The number of ether oxygens (including phenoxy) is 1. The number of carboxylic acid groups (broad SMARTS) is 1. The smallest absolute Gasteiger partial charge is 0.315 e. The molecule has 0 saturated heterocycles. The van der Waals surface area contributed by atoms with Crippen LogP contribution in [0.5, 0.6) is 5.75 Å². The number of hydrogen-bond donors (Lipinski definition) is 1. The average Bonchev–Trinajstić information content (AvgIpc) is 2.18. The fraction of sp³-hybridized carbons (Fsp3) is 0.182. The average molecular weight is 190 g/mol. The van der Waals surface area contributed by atoms with Gasteiger partial charge in [0.15, 0.2) is 0 Å². The number of aliphatic carboxylic acids is 1. The molecule has 0 heterocycles. The molecule has 72 valence electrons. The highest BCUT2D eigenvalue weighted by atomic mass is 16.5. The number of benzene rings is 1. The molecule has 0 atom stereocenters. The third-order valence-corrected chi connectivity index (χ3v) is 1.57. The molecule has 0 aromatic heterocycles. The first kappa shape index (κ1) is 10.1. The Kier molecular flexibility index (Phi) is 3.57. The highest BCUT2D eigenvalue weighted by molar-refractivity contribution is 5.70. The topological polar surface area (TPSA) is 46.5 Å². The van der Waals surface area contributed by atoms with Gasteiger partial charge in [0.25, 0.3) is 0 Å². The van der Waals surface area contributed by atoms with Crippen molar-refractivity contribution < 1.29 is 14.6 Å². The van der Waals surface area contributed by atoms with Crippen LogP contribution in [0.4, 0.5) is 0 Å². The van der Waals surface area contributed by atoms with Crippen molar-refractivity contribution in [3.8, 4) is 17.6 Å². The molecule has 0 radical (unpaired) electrons. The van der Waals surface area contributed by atoms with Gasteiger partial charge >= 0.3 is 5.97 Å². The number of methoxy groups -OCH3 is 1. The Labute approximate surface area is 82.3 Å². The van der Waals surface area contributed by atoms with Crippen LogP contribution in [0.15, 0.2) is 24.3 Å². The summed E-state index contributed by atoms with van der Waals surface area (Å²) in [6.07, 6.45) is -0.155. The van der Waals surface area contributed by atoms with Gasteiger partial charge in [-0.25, -0.2) is 0 Å². The maximum atomic E-state index is 10.2. The normalized spacial score (nSPS) is 8.64. The van der Waals surface area contributed by atoms with Crippen molar-refractivity contribution in [3.05, 3.63) is 29.8 Å².